The fraction of sp³-hybridized carbons (Fsp3) is 0.444. The van der Waals surface area contributed by atoms with Crippen molar-refractivity contribution in [3.05, 3.63) is 51.7 Å². The molecule has 3 aromatic rings. The van der Waals surface area contributed by atoms with Crippen LogP contribution < -0.4 is 5.43 Å². The molecule has 0 aliphatic carbocycles. The van der Waals surface area contributed by atoms with Crippen LogP contribution in [0.5, 0.6) is 17.2 Å². The molecular weight excluding hydrogens is 548 g/mol. The highest BCUT2D eigenvalue weighted by atomic mass is 16.5. The molecule has 3 heterocycles. The molecule has 1 aromatic heterocycles. The second kappa shape index (κ2) is 10.8. The summed E-state index contributed by atoms with van der Waals surface area (Å²) in [5.41, 5.74) is -2.20. The third kappa shape index (κ3) is 4.72. The highest BCUT2D eigenvalue weighted by Crippen LogP contribution is 2.50. The highest BCUT2D eigenvalue weighted by molar-refractivity contribution is 5.92. The van der Waals surface area contributed by atoms with E-state index in [2.05, 4.69) is 0 Å². The summed E-state index contributed by atoms with van der Waals surface area (Å²) in [5.74, 6) is -2.01. The molecule has 14 heteroatoms. The maximum absolute atomic E-state index is 13.4. The number of aliphatic hydroxyl groups excluding tert-OH is 7. The Balaban J connectivity index is 1.82. The Hall–Kier alpha value is -3.31. The normalized spacial score (nSPS) is 34.1. The van der Waals surface area contributed by atoms with E-state index < -0.39 is 107 Å². The first-order valence-corrected chi connectivity index (χ1v) is 12.7. The van der Waals surface area contributed by atoms with Gasteiger partial charge in [-0.05, 0) is 31.2 Å². The van der Waals surface area contributed by atoms with Crippen LogP contribution in [0.25, 0.3) is 22.3 Å². The quantitative estimate of drug-likeness (QED) is 0.172. The third-order valence-corrected chi connectivity index (χ3v) is 7.66. The molecule has 0 unspecified atom stereocenters. The number of aliphatic hydroxyl groups is 7. The zero-order valence-corrected chi connectivity index (χ0v) is 21.5. The minimum atomic E-state index is -1.97. The first-order chi connectivity index (χ1) is 19.4. The number of phenols is 3. The SMILES string of the molecule is C[C@@H]1O[C@@H](c2c(O)c([C@H]3O[C@H](CO)[C@H](O)[C@H](O)[C@H]3O)c3oc(-c4ccc(O)cc4)cc(=O)c3c2O)[C@H](O)[C@@H](O)[C@@H]1O. The second-order valence-corrected chi connectivity index (χ2v) is 10.2. The van der Waals surface area contributed by atoms with Gasteiger partial charge in [0.2, 0.25) is 0 Å². The van der Waals surface area contributed by atoms with Gasteiger partial charge in [0.05, 0.1) is 23.8 Å². The van der Waals surface area contributed by atoms with Gasteiger partial charge in [0.15, 0.2) is 11.0 Å². The third-order valence-electron chi connectivity index (χ3n) is 7.66. The van der Waals surface area contributed by atoms with Crippen LogP contribution in [0.4, 0.5) is 0 Å². The number of rotatable bonds is 4. The standard InChI is InChI=1S/C27H30O14/c1-8-17(31)21(35)23(37)26(39-8)15-19(33)14-11(30)6-12(9-2-4-10(29)5-3-9)40-25(14)16(20(15)34)27-24(38)22(36)18(32)13(7-28)41-27/h2-6,8,13,17-18,21-24,26-29,31-38H,7H2,1H3/t8-,13+,17+,18-,21-,22-,23+,24+,26-,27+/m0/s1. The minimum Gasteiger partial charge on any atom is -0.508 e. The number of hydrogen-bond donors (Lipinski definition) is 10. The summed E-state index contributed by atoms with van der Waals surface area (Å²) >= 11 is 0. The molecule has 0 saturated carbocycles. The Morgan fingerprint density at radius 2 is 1.32 bits per heavy atom. The number of aromatic hydroxyl groups is 3. The minimum absolute atomic E-state index is 0.0774. The zero-order valence-electron chi connectivity index (χ0n) is 21.5. The molecule has 5 rings (SSSR count). The van der Waals surface area contributed by atoms with Crippen molar-refractivity contribution in [2.24, 2.45) is 0 Å². The van der Waals surface area contributed by atoms with Crippen molar-refractivity contribution >= 4 is 11.0 Å². The molecule has 222 valence electrons. The molecule has 2 aliphatic heterocycles. The fourth-order valence-corrected chi connectivity index (χ4v) is 5.34. The first kappa shape index (κ1) is 29.2. The Kier molecular flexibility index (Phi) is 7.71. The zero-order chi connectivity index (χ0) is 29.9. The largest absolute Gasteiger partial charge is 0.508 e. The van der Waals surface area contributed by atoms with Crippen molar-refractivity contribution in [2.75, 3.05) is 6.61 Å². The van der Waals surface area contributed by atoms with E-state index in [1.54, 1.807) is 0 Å². The lowest BCUT2D eigenvalue weighted by Crippen LogP contribution is -2.55. The average Bonchev–Trinajstić information content (AvgIpc) is 2.94. The number of fused-ring (bicyclic) bond motifs is 1. The van der Waals surface area contributed by atoms with E-state index in [1.807, 2.05) is 0 Å². The van der Waals surface area contributed by atoms with Gasteiger partial charge in [0.25, 0.3) is 0 Å². The van der Waals surface area contributed by atoms with E-state index in [0.717, 1.165) is 6.07 Å². The van der Waals surface area contributed by atoms with Crippen LogP contribution in [0.3, 0.4) is 0 Å². The fourth-order valence-electron chi connectivity index (χ4n) is 5.34. The summed E-state index contributed by atoms with van der Waals surface area (Å²) in [6.07, 6.45) is -16.9. The first-order valence-electron chi connectivity index (χ1n) is 12.7. The molecule has 2 fully saturated rings. The van der Waals surface area contributed by atoms with Crippen LogP contribution in [-0.2, 0) is 9.47 Å². The van der Waals surface area contributed by atoms with Gasteiger partial charge in [-0.2, -0.15) is 0 Å². The summed E-state index contributed by atoms with van der Waals surface area (Å²) in [6, 6.07) is 6.48. The van der Waals surface area contributed by atoms with Gasteiger partial charge in [-0.1, -0.05) is 0 Å². The molecule has 0 radical (unpaired) electrons. The summed E-state index contributed by atoms with van der Waals surface area (Å²) in [5, 5.41) is 104. The molecule has 0 amide bonds. The van der Waals surface area contributed by atoms with Gasteiger partial charge in [-0.25, -0.2) is 0 Å². The lowest BCUT2D eigenvalue weighted by Gasteiger charge is -2.42. The van der Waals surface area contributed by atoms with Crippen LogP contribution in [0.15, 0.2) is 39.5 Å². The summed E-state index contributed by atoms with van der Waals surface area (Å²) < 4.78 is 17.2. The van der Waals surface area contributed by atoms with Crippen molar-refractivity contribution in [1.82, 2.24) is 0 Å². The Bertz CT molecular complexity index is 1480. The lowest BCUT2D eigenvalue weighted by molar-refractivity contribution is -0.232. The van der Waals surface area contributed by atoms with Gasteiger partial charge in [0, 0.05) is 11.6 Å². The maximum atomic E-state index is 13.4. The van der Waals surface area contributed by atoms with Crippen LogP contribution in [0, 0.1) is 0 Å². The van der Waals surface area contributed by atoms with Gasteiger partial charge in [-0.15, -0.1) is 0 Å². The Morgan fingerprint density at radius 3 is 1.93 bits per heavy atom. The highest BCUT2D eigenvalue weighted by Gasteiger charge is 2.49. The molecule has 41 heavy (non-hydrogen) atoms. The lowest BCUT2D eigenvalue weighted by atomic mass is 9.85. The molecule has 10 atom stereocenters. The van der Waals surface area contributed by atoms with Crippen LogP contribution in [-0.4, -0.2) is 107 Å². The van der Waals surface area contributed by atoms with Crippen LogP contribution >= 0.6 is 0 Å². The number of hydrogen-bond acceptors (Lipinski definition) is 14. The summed E-state index contributed by atoms with van der Waals surface area (Å²) in [4.78, 5) is 13.4. The summed E-state index contributed by atoms with van der Waals surface area (Å²) in [6.45, 7) is 0.540. The van der Waals surface area contributed by atoms with Crippen molar-refractivity contribution in [3.63, 3.8) is 0 Å². The smallest absolute Gasteiger partial charge is 0.197 e. The van der Waals surface area contributed by atoms with E-state index in [0.29, 0.717) is 5.56 Å². The number of ether oxygens (including phenoxy) is 2. The molecule has 0 bridgehead atoms. The second-order valence-electron chi connectivity index (χ2n) is 10.2. The maximum Gasteiger partial charge on any atom is 0.197 e. The molecule has 2 aliphatic rings. The molecule has 0 spiro atoms. The van der Waals surface area contributed by atoms with Gasteiger partial charge in [-0.3, -0.25) is 4.79 Å². The monoisotopic (exact) mass is 578 g/mol. The predicted molar refractivity (Wildman–Crippen MR) is 137 cm³/mol. The van der Waals surface area contributed by atoms with Crippen molar-refractivity contribution in [1.29, 1.82) is 0 Å². The van der Waals surface area contributed by atoms with Crippen LogP contribution in [0.2, 0.25) is 0 Å². The Labute approximate surface area is 231 Å². The topological polar surface area (TPSA) is 251 Å². The van der Waals surface area contributed by atoms with E-state index in [9.17, 15) is 55.9 Å². The van der Waals surface area contributed by atoms with Crippen molar-refractivity contribution < 1.29 is 65.0 Å². The van der Waals surface area contributed by atoms with E-state index in [1.165, 1.54) is 31.2 Å². The molecule has 14 nitrogen and oxygen atoms in total. The number of phenolic OH excluding ortho intramolecular Hbond substituents is 3. The summed E-state index contributed by atoms with van der Waals surface area (Å²) in [7, 11) is 0. The molecule has 10 N–H and O–H groups in total. The van der Waals surface area contributed by atoms with E-state index >= 15 is 0 Å². The van der Waals surface area contributed by atoms with Crippen molar-refractivity contribution in [3.8, 4) is 28.6 Å². The van der Waals surface area contributed by atoms with Gasteiger partial charge >= 0.3 is 0 Å². The molecule has 2 aromatic carbocycles. The molecular formula is C27H30O14. The predicted octanol–water partition coefficient (Wildman–Crippen LogP) is -1.37. The molecule has 2 saturated heterocycles. The van der Waals surface area contributed by atoms with Gasteiger partial charge in [0.1, 0.15) is 83.3 Å². The van der Waals surface area contributed by atoms with Gasteiger partial charge < -0.3 is 65.0 Å². The number of benzene rings is 2. The van der Waals surface area contributed by atoms with E-state index in [4.69, 9.17) is 13.9 Å². The average molecular weight is 579 g/mol. The van der Waals surface area contributed by atoms with Crippen molar-refractivity contribution in [2.45, 2.75) is 68.0 Å². The Morgan fingerprint density at radius 1 is 0.732 bits per heavy atom. The van der Waals surface area contributed by atoms with E-state index in [-0.39, 0.29) is 11.5 Å². The van der Waals surface area contributed by atoms with Crippen LogP contribution in [0.1, 0.15) is 30.3 Å².